The summed E-state index contributed by atoms with van der Waals surface area (Å²) in [5, 5.41) is 31.2. The van der Waals surface area contributed by atoms with Gasteiger partial charge in [0.1, 0.15) is 18.6 Å². The fourth-order valence-electron chi connectivity index (χ4n) is 7.60. The van der Waals surface area contributed by atoms with Gasteiger partial charge in [-0.05, 0) is 77.0 Å². The summed E-state index contributed by atoms with van der Waals surface area (Å²) in [6, 6.07) is 0. The maximum atomic E-state index is 13.0. The van der Waals surface area contributed by atoms with E-state index in [0.717, 1.165) is 25.9 Å². The third-order valence-electron chi connectivity index (χ3n) is 11.9. The van der Waals surface area contributed by atoms with Crippen molar-refractivity contribution in [2.45, 2.75) is 224 Å². The fourth-order valence-corrected chi connectivity index (χ4v) is 7.60. The van der Waals surface area contributed by atoms with Gasteiger partial charge in [0.05, 0.1) is 33.8 Å². The number of carboxylic acids is 2. The molecule has 8 N–H and O–H groups in total. The molecule has 400 valence electrons. The van der Waals surface area contributed by atoms with Crippen molar-refractivity contribution in [2.24, 2.45) is 11.5 Å². The number of alkyl halides is 3. The summed E-state index contributed by atoms with van der Waals surface area (Å²) in [7, 11) is 4.19. The quantitative estimate of drug-likeness (QED) is 0.00848. The molecule has 0 aromatic heterocycles. The molecule has 0 radical (unpaired) electrons. The molecule has 2 atom stereocenters. The minimum absolute atomic E-state index is 0.0757. The van der Waals surface area contributed by atoms with Crippen LogP contribution in [0, 0.1) is 5.41 Å². The lowest BCUT2D eigenvalue weighted by Crippen LogP contribution is -2.61. The molecule has 0 aromatic rings. The van der Waals surface area contributed by atoms with E-state index in [0.29, 0.717) is 30.8 Å². The summed E-state index contributed by atoms with van der Waals surface area (Å²) in [4.78, 5) is 33.7. The number of carbonyl (C=O) groups excluding carboxylic acids is 2. The number of hydrogen-bond donors (Lipinski definition) is 6. The van der Waals surface area contributed by atoms with Crippen molar-refractivity contribution >= 4 is 23.8 Å². The van der Waals surface area contributed by atoms with Crippen LogP contribution in [0.15, 0.2) is 24.3 Å². The Labute approximate surface area is 410 Å². The van der Waals surface area contributed by atoms with E-state index in [1.54, 1.807) is 0 Å². The lowest BCUT2D eigenvalue weighted by molar-refractivity contribution is -0.892. The van der Waals surface area contributed by atoms with Gasteiger partial charge in [0, 0.05) is 19.8 Å². The molecule has 0 aliphatic carbocycles. The number of likely N-dealkylation sites (N-methyl/N-ethyl adjacent to an activating group) is 1. The number of hydrogen-bond acceptors (Lipinski definition) is 8. The molecule has 0 heterocycles. The molecule has 16 heteroatoms. The van der Waals surface area contributed by atoms with Crippen molar-refractivity contribution in [1.29, 1.82) is 5.41 Å². The van der Waals surface area contributed by atoms with Crippen molar-refractivity contribution in [1.82, 2.24) is 10.6 Å². The first-order valence-corrected chi connectivity index (χ1v) is 26.4. The summed E-state index contributed by atoms with van der Waals surface area (Å²) in [6.45, 7) is 8.33. The number of halogens is 3. The van der Waals surface area contributed by atoms with Crippen LogP contribution in [0.4, 0.5) is 13.2 Å². The first kappa shape index (κ1) is 66.9. The average molecular weight is 977 g/mol. The molecule has 0 rings (SSSR count). The highest BCUT2D eigenvalue weighted by Crippen LogP contribution is 2.15. The van der Waals surface area contributed by atoms with E-state index in [1.165, 1.54) is 161 Å². The van der Waals surface area contributed by atoms with Gasteiger partial charge in [-0.1, -0.05) is 154 Å². The lowest BCUT2D eigenvalue weighted by Gasteiger charge is -2.34. The number of guanidine groups is 1. The zero-order valence-corrected chi connectivity index (χ0v) is 43.2. The van der Waals surface area contributed by atoms with Gasteiger partial charge < -0.3 is 51.1 Å². The van der Waals surface area contributed by atoms with Crippen molar-refractivity contribution in [3.63, 3.8) is 0 Å². The van der Waals surface area contributed by atoms with Gasteiger partial charge in [-0.25, -0.2) is 4.79 Å². The third-order valence-corrected chi connectivity index (χ3v) is 11.9. The zero-order valence-electron chi connectivity index (χ0n) is 43.2. The number of rotatable bonds is 46. The van der Waals surface area contributed by atoms with Crippen LogP contribution in [0.3, 0.4) is 0 Å². The number of carbonyl (C=O) groups is 3. The summed E-state index contributed by atoms with van der Waals surface area (Å²) in [5.74, 6) is -5.31. The molecule has 0 saturated heterocycles. The maximum absolute atomic E-state index is 13.0. The molecule has 0 bridgehead atoms. The number of amides is 1. The van der Waals surface area contributed by atoms with Gasteiger partial charge in [-0.3, -0.25) is 10.2 Å². The molecule has 68 heavy (non-hydrogen) atoms. The fraction of sp³-hybridized carbons (Fsp3) is 0.846. The molecule has 0 aliphatic heterocycles. The van der Waals surface area contributed by atoms with E-state index >= 15 is 0 Å². The van der Waals surface area contributed by atoms with Gasteiger partial charge >= 0.3 is 12.1 Å². The second-order valence-corrected chi connectivity index (χ2v) is 19.0. The predicted molar refractivity (Wildman–Crippen MR) is 269 cm³/mol. The number of carboxylic acid groups (broad SMARTS) is 2. The SMILES string of the molecule is CCCCCCCC/C=C\CCCCCCCCOCC(C[N+](C)(C)CCNC(=O)C(N)(CCCNC(=N)N)C(=O)O)OCCCCCCCC/C=C\CCCCCCCC.O=C([O-])C(F)(F)F. The molecule has 0 spiro atoms. The molecule has 13 nitrogen and oxygen atoms in total. The van der Waals surface area contributed by atoms with Crippen molar-refractivity contribution < 1.29 is 51.7 Å². The van der Waals surface area contributed by atoms with Crippen LogP contribution in [0.25, 0.3) is 0 Å². The monoisotopic (exact) mass is 977 g/mol. The Morgan fingerprint density at radius 2 is 1.06 bits per heavy atom. The number of ether oxygens (including phenoxy) is 2. The van der Waals surface area contributed by atoms with Gasteiger partial charge in [-0.15, -0.1) is 0 Å². The summed E-state index contributed by atoms with van der Waals surface area (Å²) in [5.41, 5.74) is 9.33. The van der Waals surface area contributed by atoms with Crippen molar-refractivity contribution in [3.05, 3.63) is 24.3 Å². The Morgan fingerprint density at radius 3 is 1.46 bits per heavy atom. The van der Waals surface area contributed by atoms with E-state index in [1.807, 2.05) is 0 Å². The van der Waals surface area contributed by atoms with Gasteiger partial charge in [0.25, 0.3) is 5.91 Å². The van der Waals surface area contributed by atoms with E-state index in [-0.39, 0.29) is 38.0 Å². The molecule has 0 fully saturated rings. The van der Waals surface area contributed by atoms with Crippen molar-refractivity contribution in [2.75, 3.05) is 60.1 Å². The highest BCUT2D eigenvalue weighted by Gasteiger charge is 2.41. The van der Waals surface area contributed by atoms with Crippen LogP contribution in [-0.2, 0) is 23.9 Å². The number of allylic oxidation sites excluding steroid dienone is 4. The molecule has 0 saturated carbocycles. The van der Waals surface area contributed by atoms with Gasteiger partial charge in [0.15, 0.2) is 11.5 Å². The zero-order chi connectivity index (χ0) is 51.2. The Morgan fingerprint density at radius 1 is 0.662 bits per heavy atom. The standard InChI is InChI=1S/C50H98N6O5.C2HF3O2/c1-5-7-9-11-13-15-17-19-21-23-25-27-29-31-33-35-42-60-45-46(61-43-36-34-32-30-28-26-24-22-20-18-16-14-12-10-8-6-2)44-56(3,4)41-40-54-47(57)50(53,48(58)59)38-37-39-55-49(51)52;3-2(4,5)1(6)7/h19-22,46H,5-18,23-45,53H2,1-4H3,(H5-,51,52,54,55,57,58,59);(H,6,7)/b21-19-,22-20-;. The molecule has 0 aromatic carbocycles. The molecular formula is C52H99F3N6O7. The summed E-state index contributed by atoms with van der Waals surface area (Å²) in [6.07, 6.45) is 40.3. The number of quaternary nitrogens is 1. The molecular weight excluding hydrogens is 878 g/mol. The Bertz CT molecular complexity index is 1300. The Balaban J connectivity index is 0. The van der Waals surface area contributed by atoms with Crippen LogP contribution in [0.5, 0.6) is 0 Å². The van der Waals surface area contributed by atoms with E-state index < -0.39 is 29.6 Å². The normalized spacial score (nSPS) is 13.3. The van der Waals surface area contributed by atoms with Crippen LogP contribution in [-0.4, -0.2) is 111 Å². The second-order valence-electron chi connectivity index (χ2n) is 19.0. The first-order valence-electron chi connectivity index (χ1n) is 26.4. The smallest absolute Gasteiger partial charge is 0.430 e. The van der Waals surface area contributed by atoms with E-state index in [2.05, 4.69) is 62.9 Å². The minimum atomic E-state index is -5.19. The summed E-state index contributed by atoms with van der Waals surface area (Å²) < 4.78 is 44.8. The number of unbranched alkanes of at least 4 members (excludes halogenated alkanes) is 24. The topological polar surface area (TPSA) is 213 Å². The Kier molecular flexibility index (Phi) is 44.2. The average Bonchev–Trinajstić information content (AvgIpc) is 3.27. The van der Waals surface area contributed by atoms with Crippen LogP contribution in [0.1, 0.15) is 206 Å². The summed E-state index contributed by atoms with van der Waals surface area (Å²) >= 11 is 0. The number of nitrogens with one attached hydrogen (secondary N) is 3. The lowest BCUT2D eigenvalue weighted by atomic mass is 9.93. The predicted octanol–water partition coefficient (Wildman–Crippen LogP) is 10.00. The highest BCUT2D eigenvalue weighted by molar-refractivity contribution is 6.06. The van der Waals surface area contributed by atoms with Crippen molar-refractivity contribution in [3.8, 4) is 0 Å². The number of aliphatic carboxylic acids is 2. The maximum Gasteiger partial charge on any atom is 0.430 e. The molecule has 0 aliphatic rings. The first-order chi connectivity index (χ1) is 32.4. The highest BCUT2D eigenvalue weighted by atomic mass is 19.4. The van der Waals surface area contributed by atoms with Crippen LogP contribution in [0.2, 0.25) is 0 Å². The van der Waals surface area contributed by atoms with Gasteiger partial charge in [-0.2, -0.15) is 13.2 Å². The number of nitrogens with two attached hydrogens (primary N) is 2. The van der Waals surface area contributed by atoms with Crippen LogP contribution < -0.4 is 27.2 Å². The van der Waals surface area contributed by atoms with E-state index in [9.17, 15) is 27.9 Å². The van der Waals surface area contributed by atoms with E-state index in [4.69, 9.17) is 36.3 Å². The number of nitrogens with zero attached hydrogens (tertiary/aromatic N) is 1. The third kappa shape index (κ3) is 44.0. The molecule has 1 amide bonds. The van der Waals surface area contributed by atoms with Crippen LogP contribution >= 0.6 is 0 Å². The van der Waals surface area contributed by atoms with Gasteiger partial charge in [0.2, 0.25) is 0 Å². The largest absolute Gasteiger partial charge is 0.542 e. The Hall–Kier alpha value is -3.21. The molecule has 2 unspecified atom stereocenters. The second kappa shape index (κ2) is 45.0. The minimum Gasteiger partial charge on any atom is -0.542 e.